The predicted molar refractivity (Wildman–Crippen MR) is 90.0 cm³/mol. The third kappa shape index (κ3) is 4.15. The van der Waals surface area contributed by atoms with E-state index < -0.39 is 17.7 Å². The zero-order valence-corrected chi connectivity index (χ0v) is 13.5. The summed E-state index contributed by atoms with van der Waals surface area (Å²) >= 11 is 0. The second-order valence-corrected chi connectivity index (χ2v) is 5.42. The summed E-state index contributed by atoms with van der Waals surface area (Å²) in [7, 11) is 0. The topological polar surface area (TPSA) is 90.4 Å². The zero-order valence-electron chi connectivity index (χ0n) is 13.5. The second-order valence-electron chi connectivity index (χ2n) is 5.42. The Labute approximate surface area is 147 Å². The molecular formula is C18H15F2N3O3. The number of benzene rings is 2. The summed E-state index contributed by atoms with van der Waals surface area (Å²) in [6.45, 7) is -0.0768. The molecule has 0 atom stereocenters. The minimum Gasteiger partial charge on any atom is -0.441 e. The summed E-state index contributed by atoms with van der Waals surface area (Å²) in [5.74, 6) is -0.833. The number of hydrogen-bond donors (Lipinski definition) is 2. The van der Waals surface area contributed by atoms with Crippen molar-refractivity contribution in [3.63, 3.8) is 0 Å². The van der Waals surface area contributed by atoms with E-state index in [1.165, 1.54) is 18.2 Å². The van der Waals surface area contributed by atoms with Gasteiger partial charge in [0.25, 0.3) is 0 Å². The van der Waals surface area contributed by atoms with Gasteiger partial charge in [0.2, 0.25) is 0 Å². The van der Waals surface area contributed by atoms with Gasteiger partial charge in [0.1, 0.15) is 17.3 Å². The minimum atomic E-state index is -0.898. The monoisotopic (exact) mass is 359 g/mol. The van der Waals surface area contributed by atoms with E-state index in [0.29, 0.717) is 17.1 Å². The fourth-order valence-electron chi connectivity index (χ4n) is 2.31. The van der Waals surface area contributed by atoms with Gasteiger partial charge in [-0.2, -0.15) is 0 Å². The van der Waals surface area contributed by atoms with Crippen molar-refractivity contribution < 1.29 is 22.8 Å². The highest BCUT2D eigenvalue weighted by molar-refractivity contribution is 5.65. The molecule has 134 valence electrons. The van der Waals surface area contributed by atoms with Crippen LogP contribution in [0.15, 0.2) is 53.1 Å². The summed E-state index contributed by atoms with van der Waals surface area (Å²) in [4.78, 5) is 10.6. The largest absolute Gasteiger partial charge is 0.441 e. The average Bonchev–Trinajstić information content (AvgIpc) is 3.09. The number of carbonyl (C=O) groups excluding carboxylic acids is 1. The van der Waals surface area contributed by atoms with Crippen LogP contribution in [0.5, 0.6) is 0 Å². The van der Waals surface area contributed by atoms with Crippen molar-refractivity contribution in [1.29, 1.82) is 0 Å². The number of halogens is 2. The first-order valence-corrected chi connectivity index (χ1v) is 7.68. The van der Waals surface area contributed by atoms with Gasteiger partial charge >= 0.3 is 6.09 Å². The third-order valence-electron chi connectivity index (χ3n) is 3.63. The van der Waals surface area contributed by atoms with Gasteiger partial charge in [0.05, 0.1) is 0 Å². The van der Waals surface area contributed by atoms with E-state index in [-0.39, 0.29) is 18.7 Å². The Kier molecular flexibility index (Phi) is 5.12. The van der Waals surface area contributed by atoms with Crippen molar-refractivity contribution in [2.45, 2.75) is 13.2 Å². The highest BCUT2D eigenvalue weighted by Crippen LogP contribution is 2.22. The number of nitrogens with two attached hydrogens (primary N) is 1. The van der Waals surface area contributed by atoms with Crippen molar-refractivity contribution in [3.05, 3.63) is 71.5 Å². The van der Waals surface area contributed by atoms with E-state index in [0.717, 1.165) is 5.56 Å². The van der Waals surface area contributed by atoms with Crippen molar-refractivity contribution in [2.24, 2.45) is 5.73 Å². The van der Waals surface area contributed by atoms with Crippen LogP contribution in [0, 0.1) is 11.6 Å². The van der Waals surface area contributed by atoms with Gasteiger partial charge in [0, 0.05) is 29.4 Å². The molecular weight excluding hydrogens is 344 g/mol. The lowest BCUT2D eigenvalue weighted by atomic mass is 10.1. The number of carbonyl (C=O) groups is 1. The predicted octanol–water partition coefficient (Wildman–Crippen LogP) is 3.83. The van der Waals surface area contributed by atoms with Crippen molar-refractivity contribution in [2.75, 3.05) is 5.32 Å². The summed E-state index contributed by atoms with van der Waals surface area (Å²) in [5.41, 5.74) is 6.88. The van der Waals surface area contributed by atoms with Crippen LogP contribution in [0.1, 0.15) is 11.3 Å². The maximum Gasteiger partial charge on any atom is 0.404 e. The first-order chi connectivity index (χ1) is 12.5. The van der Waals surface area contributed by atoms with Crippen molar-refractivity contribution in [1.82, 2.24) is 5.16 Å². The molecule has 0 spiro atoms. The lowest BCUT2D eigenvalue weighted by Gasteiger charge is -2.08. The molecule has 0 saturated carbocycles. The number of hydrogen-bond acceptors (Lipinski definition) is 5. The molecule has 2 aromatic carbocycles. The Morgan fingerprint density at radius 1 is 1.15 bits per heavy atom. The van der Waals surface area contributed by atoms with E-state index in [9.17, 15) is 13.6 Å². The van der Waals surface area contributed by atoms with Crippen LogP contribution < -0.4 is 11.1 Å². The number of rotatable bonds is 6. The summed E-state index contributed by atoms with van der Waals surface area (Å²) < 4.78 is 36.9. The molecule has 0 aliphatic heterocycles. The lowest BCUT2D eigenvalue weighted by molar-refractivity contribution is 0.137. The van der Waals surface area contributed by atoms with E-state index in [2.05, 4.69) is 15.2 Å². The summed E-state index contributed by atoms with van der Waals surface area (Å²) in [6, 6.07) is 12.4. The Morgan fingerprint density at radius 2 is 1.85 bits per heavy atom. The van der Waals surface area contributed by atoms with Gasteiger partial charge in [-0.3, -0.25) is 0 Å². The Morgan fingerprint density at radius 3 is 2.50 bits per heavy atom. The molecule has 3 rings (SSSR count). The molecule has 0 saturated heterocycles. The lowest BCUT2D eigenvalue weighted by Crippen LogP contribution is -2.12. The van der Waals surface area contributed by atoms with Crippen LogP contribution in [0.2, 0.25) is 0 Å². The van der Waals surface area contributed by atoms with E-state index >= 15 is 0 Å². The molecule has 0 fully saturated rings. The maximum atomic E-state index is 13.6. The molecule has 26 heavy (non-hydrogen) atoms. The number of ether oxygens (including phenoxy) is 1. The molecule has 3 aromatic rings. The van der Waals surface area contributed by atoms with E-state index in [1.807, 2.05) is 0 Å². The Balaban J connectivity index is 1.64. The third-order valence-corrected chi connectivity index (χ3v) is 3.63. The smallest absolute Gasteiger partial charge is 0.404 e. The van der Waals surface area contributed by atoms with Gasteiger partial charge in [0.15, 0.2) is 12.4 Å². The fourth-order valence-corrected chi connectivity index (χ4v) is 2.31. The van der Waals surface area contributed by atoms with Gasteiger partial charge < -0.3 is 20.3 Å². The van der Waals surface area contributed by atoms with Gasteiger partial charge in [-0.05, 0) is 24.3 Å². The second kappa shape index (κ2) is 7.64. The molecule has 0 aliphatic rings. The average molecular weight is 359 g/mol. The van der Waals surface area contributed by atoms with E-state index in [1.54, 1.807) is 30.3 Å². The number of anilines is 1. The molecule has 0 bridgehead atoms. The number of amides is 1. The van der Waals surface area contributed by atoms with E-state index in [4.69, 9.17) is 10.3 Å². The van der Waals surface area contributed by atoms with Gasteiger partial charge in [-0.15, -0.1) is 0 Å². The molecule has 8 heteroatoms. The minimum absolute atomic E-state index is 0.0211. The van der Waals surface area contributed by atoms with Crippen LogP contribution in [0.4, 0.5) is 19.3 Å². The molecule has 0 radical (unpaired) electrons. The van der Waals surface area contributed by atoms with Crippen LogP contribution in [-0.4, -0.2) is 11.2 Å². The molecule has 1 heterocycles. The first-order valence-electron chi connectivity index (χ1n) is 7.68. The normalized spacial score (nSPS) is 10.5. The number of primary amides is 1. The van der Waals surface area contributed by atoms with Crippen LogP contribution in [0.25, 0.3) is 11.3 Å². The van der Waals surface area contributed by atoms with Gasteiger partial charge in [-0.1, -0.05) is 23.4 Å². The SMILES string of the molecule is NC(=O)OCc1cc(-c2ccc(NCc3c(F)cccc3F)cc2)no1. The number of nitrogens with zero attached hydrogens (tertiary/aromatic N) is 1. The Bertz CT molecular complexity index is 890. The molecule has 0 unspecified atom stereocenters. The first kappa shape index (κ1) is 17.4. The fraction of sp³-hybridized carbons (Fsp3) is 0.111. The van der Waals surface area contributed by atoms with Crippen molar-refractivity contribution >= 4 is 11.8 Å². The molecule has 6 nitrogen and oxygen atoms in total. The summed E-state index contributed by atoms with van der Waals surface area (Å²) in [6.07, 6.45) is -0.898. The quantitative estimate of drug-likeness (QED) is 0.698. The zero-order chi connectivity index (χ0) is 18.5. The molecule has 1 aromatic heterocycles. The standard InChI is InChI=1S/C18H15F2N3O3/c19-15-2-1-3-16(20)14(15)9-22-12-6-4-11(5-7-12)17-8-13(26-23-17)10-25-18(21)24/h1-8,22H,9-10H2,(H2,21,24). The highest BCUT2D eigenvalue weighted by atomic mass is 19.1. The Hall–Kier alpha value is -3.42. The highest BCUT2D eigenvalue weighted by Gasteiger charge is 2.10. The molecule has 3 N–H and O–H groups in total. The van der Waals surface area contributed by atoms with Gasteiger partial charge in [-0.25, -0.2) is 13.6 Å². The number of nitrogens with one attached hydrogen (secondary N) is 1. The van der Waals surface area contributed by atoms with Crippen molar-refractivity contribution in [3.8, 4) is 11.3 Å². The number of aromatic nitrogens is 1. The van der Waals surface area contributed by atoms with Crippen LogP contribution >= 0.6 is 0 Å². The van der Waals surface area contributed by atoms with Crippen LogP contribution in [-0.2, 0) is 17.9 Å². The van der Waals surface area contributed by atoms with Crippen LogP contribution in [0.3, 0.4) is 0 Å². The summed E-state index contributed by atoms with van der Waals surface area (Å²) in [5, 5.41) is 6.85. The molecule has 0 aliphatic carbocycles. The molecule has 1 amide bonds. The maximum absolute atomic E-state index is 13.6.